The Labute approximate surface area is 124 Å². The Morgan fingerprint density at radius 3 is 2.52 bits per heavy atom. The minimum absolute atomic E-state index is 0.0165. The molecular formula is C17H20N2O2. The van der Waals surface area contributed by atoms with E-state index in [1.807, 2.05) is 44.2 Å². The van der Waals surface area contributed by atoms with Crippen molar-refractivity contribution >= 4 is 17.3 Å². The summed E-state index contributed by atoms with van der Waals surface area (Å²) in [4.78, 5) is 11.1. The highest BCUT2D eigenvalue weighted by atomic mass is 16.3. The van der Waals surface area contributed by atoms with Gasteiger partial charge in [-0.3, -0.25) is 4.79 Å². The smallest absolute Gasteiger partial charge is 0.221 e. The molecule has 0 radical (unpaired) electrons. The highest BCUT2D eigenvalue weighted by molar-refractivity contribution is 5.89. The van der Waals surface area contributed by atoms with E-state index in [-0.39, 0.29) is 17.7 Å². The molecular weight excluding hydrogens is 264 g/mol. The number of carbonyl (C=O) groups excluding carboxylic acids is 1. The number of aryl methyl sites for hydroxylation is 1. The Morgan fingerprint density at radius 2 is 1.90 bits per heavy atom. The lowest BCUT2D eigenvalue weighted by molar-refractivity contribution is -0.114. The van der Waals surface area contributed by atoms with Crippen molar-refractivity contribution in [3.63, 3.8) is 0 Å². The fraction of sp³-hybridized carbons (Fsp3) is 0.235. The molecule has 0 spiro atoms. The lowest BCUT2D eigenvalue weighted by atomic mass is 10.1. The summed E-state index contributed by atoms with van der Waals surface area (Å²) >= 11 is 0. The van der Waals surface area contributed by atoms with Gasteiger partial charge in [-0.2, -0.15) is 0 Å². The fourth-order valence-corrected chi connectivity index (χ4v) is 2.26. The SMILES string of the molecule is CC(=O)Nc1ccc(NC(C)c2ccccc2O)cc1C. The zero-order valence-electron chi connectivity index (χ0n) is 12.5. The van der Waals surface area contributed by atoms with Crippen molar-refractivity contribution in [2.45, 2.75) is 26.8 Å². The van der Waals surface area contributed by atoms with E-state index in [4.69, 9.17) is 0 Å². The number of amides is 1. The van der Waals surface area contributed by atoms with E-state index in [0.717, 1.165) is 22.5 Å². The molecule has 21 heavy (non-hydrogen) atoms. The summed E-state index contributed by atoms with van der Waals surface area (Å²) in [6.07, 6.45) is 0. The van der Waals surface area contributed by atoms with Crippen LogP contribution in [0, 0.1) is 6.92 Å². The lowest BCUT2D eigenvalue weighted by Gasteiger charge is -2.18. The maximum Gasteiger partial charge on any atom is 0.221 e. The molecule has 0 aliphatic carbocycles. The first-order chi connectivity index (χ1) is 9.97. The number of rotatable bonds is 4. The summed E-state index contributed by atoms with van der Waals surface area (Å²) in [5.41, 5.74) is 3.58. The normalized spacial score (nSPS) is 11.8. The first kappa shape index (κ1) is 14.9. The van der Waals surface area contributed by atoms with E-state index in [2.05, 4.69) is 10.6 Å². The molecule has 4 heteroatoms. The molecule has 0 aliphatic rings. The van der Waals surface area contributed by atoms with Crippen LogP contribution in [0.15, 0.2) is 42.5 Å². The Morgan fingerprint density at radius 1 is 1.19 bits per heavy atom. The minimum atomic E-state index is -0.0821. The van der Waals surface area contributed by atoms with Gasteiger partial charge < -0.3 is 15.7 Å². The van der Waals surface area contributed by atoms with Crippen LogP contribution in [0.25, 0.3) is 0 Å². The van der Waals surface area contributed by atoms with Gasteiger partial charge in [0.25, 0.3) is 0 Å². The van der Waals surface area contributed by atoms with E-state index in [9.17, 15) is 9.90 Å². The number of phenols is 1. The van der Waals surface area contributed by atoms with Crippen LogP contribution in [0.3, 0.4) is 0 Å². The van der Waals surface area contributed by atoms with Gasteiger partial charge >= 0.3 is 0 Å². The minimum Gasteiger partial charge on any atom is -0.508 e. The van der Waals surface area contributed by atoms with Crippen molar-refractivity contribution in [2.75, 3.05) is 10.6 Å². The molecule has 2 rings (SSSR count). The van der Waals surface area contributed by atoms with Gasteiger partial charge in [0.15, 0.2) is 0 Å². The van der Waals surface area contributed by atoms with Crippen LogP contribution in [0.5, 0.6) is 5.75 Å². The number of phenolic OH excluding ortho intramolecular Hbond substituents is 1. The Balaban J connectivity index is 2.15. The number of hydrogen-bond donors (Lipinski definition) is 3. The van der Waals surface area contributed by atoms with Crippen LogP contribution >= 0.6 is 0 Å². The predicted molar refractivity (Wildman–Crippen MR) is 85.6 cm³/mol. The van der Waals surface area contributed by atoms with Crippen molar-refractivity contribution in [3.8, 4) is 5.75 Å². The third-order valence-corrected chi connectivity index (χ3v) is 3.32. The Hall–Kier alpha value is -2.49. The molecule has 1 unspecified atom stereocenters. The number of nitrogens with one attached hydrogen (secondary N) is 2. The first-order valence-corrected chi connectivity index (χ1v) is 6.90. The van der Waals surface area contributed by atoms with Gasteiger partial charge in [-0.05, 0) is 43.7 Å². The van der Waals surface area contributed by atoms with Gasteiger partial charge in [-0.1, -0.05) is 18.2 Å². The molecule has 2 aromatic rings. The summed E-state index contributed by atoms with van der Waals surface area (Å²) in [6, 6.07) is 13.0. The molecule has 0 aromatic heterocycles. The molecule has 0 heterocycles. The van der Waals surface area contributed by atoms with Crippen molar-refractivity contribution in [1.29, 1.82) is 0 Å². The third kappa shape index (κ3) is 3.75. The van der Waals surface area contributed by atoms with Crippen LogP contribution < -0.4 is 10.6 Å². The van der Waals surface area contributed by atoms with Crippen molar-refractivity contribution < 1.29 is 9.90 Å². The largest absolute Gasteiger partial charge is 0.508 e. The van der Waals surface area contributed by atoms with E-state index in [1.54, 1.807) is 12.1 Å². The van der Waals surface area contributed by atoms with E-state index < -0.39 is 0 Å². The second-order valence-electron chi connectivity index (χ2n) is 5.14. The van der Waals surface area contributed by atoms with Gasteiger partial charge in [-0.15, -0.1) is 0 Å². The third-order valence-electron chi connectivity index (χ3n) is 3.32. The number of hydrogen-bond acceptors (Lipinski definition) is 3. The van der Waals surface area contributed by atoms with Crippen LogP contribution in [0.2, 0.25) is 0 Å². The second kappa shape index (κ2) is 6.31. The lowest BCUT2D eigenvalue weighted by Crippen LogP contribution is -2.09. The zero-order chi connectivity index (χ0) is 15.4. The quantitative estimate of drug-likeness (QED) is 0.799. The maximum atomic E-state index is 11.1. The van der Waals surface area contributed by atoms with Crippen LogP contribution in [0.4, 0.5) is 11.4 Å². The molecule has 0 aliphatic heterocycles. The number of anilines is 2. The highest BCUT2D eigenvalue weighted by Gasteiger charge is 2.10. The average molecular weight is 284 g/mol. The average Bonchev–Trinajstić information content (AvgIpc) is 2.42. The van der Waals surface area contributed by atoms with E-state index in [0.29, 0.717) is 0 Å². The molecule has 0 bridgehead atoms. The van der Waals surface area contributed by atoms with E-state index in [1.165, 1.54) is 6.92 Å². The number of aromatic hydroxyl groups is 1. The topological polar surface area (TPSA) is 61.4 Å². The number of benzene rings is 2. The Bertz CT molecular complexity index is 653. The molecule has 3 N–H and O–H groups in total. The number of para-hydroxylation sites is 1. The summed E-state index contributed by atoms with van der Waals surface area (Å²) in [5, 5.41) is 16.0. The highest BCUT2D eigenvalue weighted by Crippen LogP contribution is 2.28. The van der Waals surface area contributed by atoms with E-state index >= 15 is 0 Å². The van der Waals surface area contributed by atoms with Crippen molar-refractivity contribution in [3.05, 3.63) is 53.6 Å². The molecule has 1 atom stereocenters. The van der Waals surface area contributed by atoms with Crippen LogP contribution in [-0.4, -0.2) is 11.0 Å². The molecule has 110 valence electrons. The molecule has 0 saturated heterocycles. The second-order valence-corrected chi connectivity index (χ2v) is 5.14. The summed E-state index contributed by atoms with van der Waals surface area (Å²) in [5.74, 6) is 0.200. The maximum absolute atomic E-state index is 11.1. The van der Waals surface area contributed by atoms with Crippen LogP contribution in [0.1, 0.15) is 31.0 Å². The molecule has 0 fully saturated rings. The molecule has 0 saturated carbocycles. The van der Waals surface area contributed by atoms with Gasteiger partial charge in [0.1, 0.15) is 5.75 Å². The van der Waals surface area contributed by atoms with Gasteiger partial charge in [-0.25, -0.2) is 0 Å². The molecule has 1 amide bonds. The monoisotopic (exact) mass is 284 g/mol. The van der Waals surface area contributed by atoms with Gasteiger partial charge in [0.05, 0.1) is 6.04 Å². The Kier molecular flexibility index (Phi) is 4.48. The van der Waals surface area contributed by atoms with Crippen LogP contribution in [-0.2, 0) is 4.79 Å². The fourth-order valence-electron chi connectivity index (χ4n) is 2.26. The zero-order valence-corrected chi connectivity index (χ0v) is 12.5. The standard InChI is InChI=1S/C17H20N2O2/c1-11-10-14(8-9-16(11)19-13(3)20)18-12(2)15-6-4-5-7-17(15)21/h4-10,12,18,21H,1-3H3,(H,19,20). The summed E-state index contributed by atoms with van der Waals surface area (Å²) in [7, 11) is 0. The summed E-state index contributed by atoms with van der Waals surface area (Å²) < 4.78 is 0. The van der Waals surface area contributed by atoms with Gasteiger partial charge in [0.2, 0.25) is 5.91 Å². The summed E-state index contributed by atoms with van der Waals surface area (Å²) in [6.45, 7) is 5.43. The molecule has 2 aromatic carbocycles. The molecule has 4 nitrogen and oxygen atoms in total. The number of carbonyl (C=O) groups is 1. The predicted octanol–water partition coefficient (Wildman–Crippen LogP) is 3.83. The first-order valence-electron chi connectivity index (χ1n) is 6.90. The van der Waals surface area contributed by atoms with Crippen molar-refractivity contribution in [1.82, 2.24) is 0 Å². The van der Waals surface area contributed by atoms with Gasteiger partial charge in [0, 0.05) is 23.9 Å². The van der Waals surface area contributed by atoms with Crippen molar-refractivity contribution in [2.24, 2.45) is 0 Å².